The average Bonchev–Trinajstić information content (AvgIpc) is 2.56. The summed E-state index contributed by atoms with van der Waals surface area (Å²) in [5, 5.41) is 2.29. The molecule has 0 unspecified atom stereocenters. The van der Waals surface area contributed by atoms with Gasteiger partial charge >= 0.3 is 136 Å². The number of fused-ring (bicyclic) bond motifs is 1. The normalized spacial score (nSPS) is 10.6. The summed E-state index contributed by atoms with van der Waals surface area (Å²) in [7, 11) is 0. The molecule has 110 valence electrons. The van der Waals surface area contributed by atoms with Crippen LogP contribution in [0.2, 0.25) is 0 Å². The van der Waals surface area contributed by atoms with Crippen LogP contribution in [0.5, 0.6) is 0 Å². The van der Waals surface area contributed by atoms with Crippen molar-refractivity contribution in [3.05, 3.63) is 72.3 Å². The fourth-order valence-electron chi connectivity index (χ4n) is 2.33. The number of hydrogen-bond acceptors (Lipinski definition) is 2. The van der Waals surface area contributed by atoms with Crippen LogP contribution in [0.1, 0.15) is 17.3 Å². The van der Waals surface area contributed by atoms with Crippen molar-refractivity contribution in [1.29, 1.82) is 0 Å². The molecule has 0 bridgehead atoms. The van der Waals surface area contributed by atoms with Gasteiger partial charge in [0.15, 0.2) is 0 Å². The molecule has 0 saturated carbocycles. The summed E-state index contributed by atoms with van der Waals surface area (Å²) < 4.78 is 7.57. The first-order valence-electron chi connectivity index (χ1n) is 7.21. The third-order valence-corrected chi connectivity index (χ3v) is 5.75. The molecule has 0 amide bonds. The molecule has 0 aliphatic carbocycles. The number of rotatable bonds is 4. The first-order valence-corrected chi connectivity index (χ1v) is 8.92. The Balaban J connectivity index is 2.14. The van der Waals surface area contributed by atoms with Gasteiger partial charge < -0.3 is 0 Å². The zero-order valence-electron chi connectivity index (χ0n) is 12.3. The summed E-state index contributed by atoms with van der Waals surface area (Å²) in [5.41, 5.74) is 0.685. The van der Waals surface area contributed by atoms with Crippen molar-refractivity contribution < 1.29 is 9.53 Å². The van der Waals surface area contributed by atoms with E-state index in [9.17, 15) is 4.79 Å². The molecule has 3 rings (SSSR count). The summed E-state index contributed by atoms with van der Waals surface area (Å²) in [5.74, 6) is -0.235. The Labute approximate surface area is 136 Å². The van der Waals surface area contributed by atoms with Gasteiger partial charge in [-0.3, -0.25) is 0 Å². The van der Waals surface area contributed by atoms with Crippen LogP contribution < -0.4 is 8.92 Å². The second-order valence-corrected chi connectivity index (χ2v) is 7.07. The number of hydrogen-bond donors (Lipinski definition) is 0. The molecule has 3 aromatic rings. The zero-order valence-corrected chi connectivity index (χ0v) is 14.0. The Morgan fingerprint density at radius 3 is 2.45 bits per heavy atom. The van der Waals surface area contributed by atoms with E-state index in [4.69, 9.17) is 4.74 Å². The van der Waals surface area contributed by atoms with Gasteiger partial charge in [-0.25, -0.2) is 0 Å². The molecule has 0 saturated heterocycles. The third kappa shape index (κ3) is 3.06. The van der Waals surface area contributed by atoms with E-state index < -0.39 is 0 Å². The van der Waals surface area contributed by atoms with Crippen molar-refractivity contribution in [2.24, 2.45) is 0 Å². The second kappa shape index (κ2) is 6.78. The molecule has 3 aromatic carbocycles. The topological polar surface area (TPSA) is 26.3 Å². The second-order valence-electron chi connectivity index (χ2n) is 4.80. The van der Waals surface area contributed by atoms with E-state index >= 15 is 0 Å². The summed E-state index contributed by atoms with van der Waals surface area (Å²) >= 11 is 0.0597. The average molecular weight is 355 g/mol. The minimum atomic E-state index is -0.235. The van der Waals surface area contributed by atoms with E-state index in [1.54, 1.807) is 0 Å². The van der Waals surface area contributed by atoms with E-state index in [1.165, 1.54) is 4.46 Å². The van der Waals surface area contributed by atoms with Crippen molar-refractivity contribution in [1.82, 2.24) is 0 Å². The fraction of sp³-hybridized carbons (Fsp3) is 0.105. The zero-order chi connectivity index (χ0) is 15.4. The number of benzene rings is 3. The Kier molecular flexibility index (Phi) is 4.57. The SMILES string of the molecule is CCOC(=O)c1ccc2ccccc2c1[Se]c1ccccc1. The number of carbonyl (C=O) groups excluding carboxylic acids is 1. The Morgan fingerprint density at radius 2 is 1.68 bits per heavy atom. The van der Waals surface area contributed by atoms with Gasteiger partial charge in [-0.15, -0.1) is 0 Å². The molecule has 0 aliphatic heterocycles. The van der Waals surface area contributed by atoms with Crippen molar-refractivity contribution >= 4 is 40.6 Å². The summed E-state index contributed by atoms with van der Waals surface area (Å²) in [6.07, 6.45) is 0. The molecule has 0 aliphatic rings. The van der Waals surface area contributed by atoms with Crippen LogP contribution in [0.3, 0.4) is 0 Å². The quantitative estimate of drug-likeness (QED) is 0.531. The Hall–Kier alpha value is -2.09. The maximum atomic E-state index is 12.3. The molecule has 0 aromatic heterocycles. The molecule has 0 fully saturated rings. The summed E-state index contributed by atoms with van der Waals surface area (Å²) in [6, 6.07) is 22.4. The van der Waals surface area contributed by atoms with Gasteiger partial charge in [0, 0.05) is 0 Å². The molecular formula is C19H16O2Se. The standard InChI is InChI=1S/C19H16O2Se/c1-2-21-19(20)17-13-12-14-8-6-7-11-16(14)18(17)22-15-9-4-3-5-10-15/h3-13H,2H2,1H3. The van der Waals surface area contributed by atoms with Crippen LogP contribution in [-0.4, -0.2) is 27.5 Å². The summed E-state index contributed by atoms with van der Waals surface area (Å²) in [6.45, 7) is 2.23. The number of esters is 1. The predicted octanol–water partition coefficient (Wildman–Crippen LogP) is 2.67. The first kappa shape index (κ1) is 14.8. The minimum absolute atomic E-state index is 0.0597. The van der Waals surface area contributed by atoms with Crippen LogP contribution >= 0.6 is 0 Å². The summed E-state index contributed by atoms with van der Waals surface area (Å²) in [4.78, 5) is 12.3. The molecular weight excluding hydrogens is 339 g/mol. The van der Waals surface area contributed by atoms with E-state index in [0.717, 1.165) is 15.2 Å². The van der Waals surface area contributed by atoms with Crippen LogP contribution in [0, 0.1) is 0 Å². The first-order chi connectivity index (χ1) is 10.8. The Morgan fingerprint density at radius 1 is 0.955 bits per heavy atom. The van der Waals surface area contributed by atoms with Gasteiger partial charge in [0.2, 0.25) is 0 Å². The third-order valence-electron chi connectivity index (χ3n) is 3.34. The van der Waals surface area contributed by atoms with Crippen molar-refractivity contribution in [2.75, 3.05) is 6.61 Å². The van der Waals surface area contributed by atoms with E-state index in [2.05, 4.69) is 24.3 Å². The Bertz CT molecular complexity index is 797. The molecule has 0 heterocycles. The van der Waals surface area contributed by atoms with Gasteiger partial charge in [-0.05, 0) is 0 Å². The molecule has 0 spiro atoms. The van der Waals surface area contributed by atoms with Crippen molar-refractivity contribution in [3.8, 4) is 0 Å². The van der Waals surface area contributed by atoms with Gasteiger partial charge in [-0.1, -0.05) is 0 Å². The number of ether oxygens (including phenoxy) is 1. The van der Waals surface area contributed by atoms with Gasteiger partial charge in [-0.2, -0.15) is 0 Å². The van der Waals surface area contributed by atoms with Crippen molar-refractivity contribution in [2.45, 2.75) is 6.92 Å². The molecule has 22 heavy (non-hydrogen) atoms. The molecule has 0 N–H and O–H groups in total. The van der Waals surface area contributed by atoms with Crippen LogP contribution in [0.4, 0.5) is 0 Å². The van der Waals surface area contributed by atoms with Crippen LogP contribution in [-0.2, 0) is 4.74 Å². The van der Waals surface area contributed by atoms with E-state index in [-0.39, 0.29) is 20.9 Å². The van der Waals surface area contributed by atoms with Gasteiger partial charge in [0.05, 0.1) is 0 Å². The maximum absolute atomic E-state index is 12.3. The van der Waals surface area contributed by atoms with Crippen LogP contribution in [0.25, 0.3) is 10.8 Å². The van der Waals surface area contributed by atoms with E-state index in [1.807, 2.05) is 49.4 Å². The van der Waals surface area contributed by atoms with E-state index in [0.29, 0.717) is 12.2 Å². The molecule has 0 radical (unpaired) electrons. The van der Waals surface area contributed by atoms with Gasteiger partial charge in [0.1, 0.15) is 0 Å². The molecule has 3 heteroatoms. The number of carbonyl (C=O) groups is 1. The van der Waals surface area contributed by atoms with Crippen LogP contribution in [0.15, 0.2) is 66.7 Å². The molecule has 0 atom stereocenters. The fourth-order valence-corrected chi connectivity index (χ4v) is 4.61. The van der Waals surface area contributed by atoms with Gasteiger partial charge in [0.25, 0.3) is 0 Å². The van der Waals surface area contributed by atoms with Crippen molar-refractivity contribution in [3.63, 3.8) is 0 Å². The molecule has 2 nitrogen and oxygen atoms in total. The monoisotopic (exact) mass is 356 g/mol. The predicted molar refractivity (Wildman–Crippen MR) is 91.4 cm³/mol.